The highest BCUT2D eigenvalue weighted by atomic mass is 79.9. The lowest BCUT2D eigenvalue weighted by Gasteiger charge is -1.95. The summed E-state index contributed by atoms with van der Waals surface area (Å²) in [6.07, 6.45) is 1.91. The third kappa shape index (κ3) is 1.47. The molecule has 0 amide bonds. The second kappa shape index (κ2) is 3.12. The molecule has 2 aromatic rings. The van der Waals surface area contributed by atoms with Gasteiger partial charge >= 0.3 is 0 Å². The highest BCUT2D eigenvalue weighted by Gasteiger charge is 2.06. The molecule has 0 saturated heterocycles. The van der Waals surface area contributed by atoms with Crippen LogP contribution in [0.3, 0.4) is 0 Å². The molecule has 2 rings (SSSR count). The molecule has 68 valence electrons. The van der Waals surface area contributed by atoms with Crippen molar-refractivity contribution >= 4 is 21.4 Å². The van der Waals surface area contributed by atoms with Crippen LogP contribution in [0.4, 0.5) is 0 Å². The fourth-order valence-corrected chi connectivity index (χ4v) is 1.67. The van der Waals surface area contributed by atoms with E-state index in [2.05, 4.69) is 21.0 Å². The van der Waals surface area contributed by atoms with Gasteiger partial charge in [0, 0.05) is 16.7 Å². The lowest BCUT2D eigenvalue weighted by Crippen LogP contribution is -2.05. The minimum absolute atomic E-state index is 0.0215. The number of hydrogen-bond donors (Lipinski definition) is 1. The minimum atomic E-state index is -0.0215. The summed E-state index contributed by atoms with van der Waals surface area (Å²) in [5.74, 6) is 0. The number of fused-ring (bicyclic) bond motifs is 1. The molecule has 0 radical (unpaired) electrons. The average Bonchev–Trinajstić information content (AvgIpc) is 2.49. The lowest BCUT2D eigenvalue weighted by molar-refractivity contribution is 0.756. The zero-order valence-corrected chi connectivity index (χ0v) is 8.82. The summed E-state index contributed by atoms with van der Waals surface area (Å²) in [4.78, 5) is 0. The zero-order chi connectivity index (χ0) is 9.42. The van der Waals surface area contributed by atoms with Gasteiger partial charge in [0.25, 0.3) is 0 Å². The Morgan fingerprint density at radius 2 is 2.38 bits per heavy atom. The molecule has 2 aromatic heterocycles. The van der Waals surface area contributed by atoms with Gasteiger partial charge < -0.3 is 5.73 Å². The van der Waals surface area contributed by atoms with E-state index in [0.29, 0.717) is 0 Å². The molecule has 0 aromatic carbocycles. The van der Waals surface area contributed by atoms with Gasteiger partial charge in [0.15, 0.2) is 0 Å². The fourth-order valence-electron chi connectivity index (χ4n) is 1.22. The molecule has 0 saturated carbocycles. The van der Waals surface area contributed by atoms with E-state index < -0.39 is 0 Å². The molecule has 2 N–H and O–H groups in total. The van der Waals surface area contributed by atoms with Crippen molar-refractivity contribution in [3.05, 3.63) is 34.6 Å². The van der Waals surface area contributed by atoms with E-state index in [1.54, 1.807) is 0 Å². The van der Waals surface area contributed by atoms with Gasteiger partial charge in [0.05, 0.1) is 11.2 Å². The van der Waals surface area contributed by atoms with Gasteiger partial charge in [-0.3, -0.25) is 0 Å². The van der Waals surface area contributed by atoms with Crippen molar-refractivity contribution in [2.45, 2.75) is 13.0 Å². The summed E-state index contributed by atoms with van der Waals surface area (Å²) in [6.45, 7) is 1.93. The monoisotopic (exact) mass is 239 g/mol. The molecule has 3 nitrogen and oxygen atoms in total. The van der Waals surface area contributed by atoms with Crippen molar-refractivity contribution in [2.75, 3.05) is 0 Å². The number of hydrogen-bond acceptors (Lipinski definition) is 2. The smallest absolute Gasteiger partial charge is 0.0807 e. The van der Waals surface area contributed by atoms with Crippen LogP contribution in [0, 0.1) is 0 Å². The van der Waals surface area contributed by atoms with E-state index in [9.17, 15) is 0 Å². The van der Waals surface area contributed by atoms with E-state index in [1.165, 1.54) is 0 Å². The summed E-state index contributed by atoms with van der Waals surface area (Å²) < 4.78 is 2.86. The van der Waals surface area contributed by atoms with Gasteiger partial charge in [-0.25, -0.2) is 4.52 Å². The maximum atomic E-state index is 5.74. The van der Waals surface area contributed by atoms with Crippen LogP contribution in [0.25, 0.3) is 5.52 Å². The molecule has 0 aliphatic rings. The zero-order valence-electron chi connectivity index (χ0n) is 7.24. The molecule has 1 atom stereocenters. The molecule has 2 heterocycles. The van der Waals surface area contributed by atoms with Crippen molar-refractivity contribution in [3.8, 4) is 0 Å². The highest BCUT2D eigenvalue weighted by Crippen LogP contribution is 2.20. The molecule has 13 heavy (non-hydrogen) atoms. The molecule has 0 spiro atoms. The van der Waals surface area contributed by atoms with E-state index in [4.69, 9.17) is 5.73 Å². The van der Waals surface area contributed by atoms with Gasteiger partial charge in [0.1, 0.15) is 0 Å². The summed E-state index contributed by atoms with van der Waals surface area (Å²) in [5, 5.41) is 4.33. The predicted molar refractivity (Wildman–Crippen MR) is 55.5 cm³/mol. The Morgan fingerprint density at radius 3 is 3.00 bits per heavy atom. The number of aromatic nitrogens is 2. The second-order valence-electron chi connectivity index (χ2n) is 3.04. The quantitative estimate of drug-likeness (QED) is 0.829. The normalized spacial score (nSPS) is 13.5. The van der Waals surface area contributed by atoms with Gasteiger partial charge in [-0.15, -0.1) is 0 Å². The molecule has 0 bridgehead atoms. The maximum absolute atomic E-state index is 5.74. The number of pyridine rings is 1. The Bertz CT molecular complexity index is 433. The molecule has 0 aliphatic heterocycles. The van der Waals surface area contributed by atoms with Crippen LogP contribution in [-0.2, 0) is 0 Å². The SMILES string of the molecule is CC(N)c1cc2c(Br)cccn2n1. The van der Waals surface area contributed by atoms with Gasteiger partial charge in [-0.1, -0.05) is 0 Å². The molecule has 0 aliphatic carbocycles. The first-order valence-electron chi connectivity index (χ1n) is 4.08. The van der Waals surface area contributed by atoms with E-state index in [0.717, 1.165) is 15.7 Å². The van der Waals surface area contributed by atoms with E-state index in [1.807, 2.05) is 35.8 Å². The molecule has 0 fully saturated rings. The van der Waals surface area contributed by atoms with Crippen LogP contribution >= 0.6 is 15.9 Å². The number of nitrogens with two attached hydrogens (primary N) is 1. The third-order valence-electron chi connectivity index (χ3n) is 1.94. The van der Waals surface area contributed by atoms with Crippen molar-refractivity contribution in [3.63, 3.8) is 0 Å². The van der Waals surface area contributed by atoms with Gasteiger partial charge in [0.2, 0.25) is 0 Å². The third-order valence-corrected chi connectivity index (χ3v) is 2.61. The number of nitrogens with zero attached hydrogens (tertiary/aromatic N) is 2. The summed E-state index contributed by atoms with van der Waals surface area (Å²) in [7, 11) is 0. The molecule has 4 heteroatoms. The summed E-state index contributed by atoms with van der Waals surface area (Å²) in [6, 6.07) is 5.90. The Kier molecular flexibility index (Phi) is 2.09. The topological polar surface area (TPSA) is 43.3 Å². The first-order valence-corrected chi connectivity index (χ1v) is 4.87. The number of rotatable bonds is 1. The first-order chi connectivity index (χ1) is 6.18. The van der Waals surface area contributed by atoms with Crippen LogP contribution in [-0.4, -0.2) is 9.61 Å². The number of halogens is 1. The lowest BCUT2D eigenvalue weighted by atomic mass is 10.2. The van der Waals surface area contributed by atoms with E-state index >= 15 is 0 Å². The Morgan fingerprint density at radius 1 is 1.62 bits per heavy atom. The molecular formula is C9H10BrN3. The van der Waals surface area contributed by atoms with Gasteiger partial charge in [-0.2, -0.15) is 5.10 Å². The van der Waals surface area contributed by atoms with E-state index in [-0.39, 0.29) is 6.04 Å². The second-order valence-corrected chi connectivity index (χ2v) is 3.90. The first kappa shape index (κ1) is 8.72. The van der Waals surface area contributed by atoms with Crippen LogP contribution < -0.4 is 5.73 Å². The minimum Gasteiger partial charge on any atom is -0.323 e. The predicted octanol–water partition coefficient (Wildman–Crippen LogP) is 2.12. The molecular weight excluding hydrogens is 230 g/mol. The fraction of sp³-hybridized carbons (Fsp3) is 0.222. The highest BCUT2D eigenvalue weighted by molar-refractivity contribution is 9.10. The van der Waals surface area contributed by atoms with Crippen molar-refractivity contribution in [2.24, 2.45) is 5.73 Å². The van der Waals surface area contributed by atoms with Crippen molar-refractivity contribution < 1.29 is 0 Å². The summed E-state index contributed by atoms with van der Waals surface area (Å²) in [5.41, 5.74) is 7.70. The largest absolute Gasteiger partial charge is 0.323 e. The molecule has 1 unspecified atom stereocenters. The van der Waals surface area contributed by atoms with Crippen molar-refractivity contribution in [1.82, 2.24) is 9.61 Å². The van der Waals surface area contributed by atoms with Crippen molar-refractivity contribution in [1.29, 1.82) is 0 Å². The van der Waals surface area contributed by atoms with Gasteiger partial charge in [-0.05, 0) is 41.1 Å². The van der Waals surface area contributed by atoms with Crippen LogP contribution in [0.15, 0.2) is 28.9 Å². The Labute approximate surface area is 84.7 Å². The Hall–Kier alpha value is -0.870. The standard InChI is InChI=1S/C9H10BrN3/c1-6(11)8-5-9-7(10)3-2-4-13(9)12-8/h2-6H,11H2,1H3. The average molecular weight is 240 g/mol. The summed E-state index contributed by atoms with van der Waals surface area (Å²) >= 11 is 3.46. The maximum Gasteiger partial charge on any atom is 0.0807 e. The van der Waals surface area contributed by atoms with Crippen LogP contribution in [0.1, 0.15) is 18.7 Å². The van der Waals surface area contributed by atoms with Crippen LogP contribution in [0.5, 0.6) is 0 Å². The van der Waals surface area contributed by atoms with Crippen LogP contribution in [0.2, 0.25) is 0 Å². The Balaban J connectivity index is 2.68.